The van der Waals surface area contributed by atoms with Gasteiger partial charge in [0.1, 0.15) is 0 Å². The van der Waals surface area contributed by atoms with Crippen LogP contribution in [0.5, 0.6) is 0 Å². The SMILES string of the molecule is CCc1ccccc1.CCc1ccccc1.O=[P+](O)O. The highest BCUT2D eigenvalue weighted by molar-refractivity contribution is 7.30. The third-order valence-corrected chi connectivity index (χ3v) is 2.50. The van der Waals surface area contributed by atoms with Crippen LogP contribution in [0.25, 0.3) is 0 Å². The summed E-state index contributed by atoms with van der Waals surface area (Å²) in [5.41, 5.74) is 2.82. The summed E-state index contributed by atoms with van der Waals surface area (Å²) < 4.78 is 8.70. The molecule has 2 aromatic carbocycles. The summed E-state index contributed by atoms with van der Waals surface area (Å²) >= 11 is 0. The molecular formula is C16H22O3P+. The largest absolute Gasteiger partial charge is 0.692 e. The molecule has 0 amide bonds. The van der Waals surface area contributed by atoms with Gasteiger partial charge in [-0.2, -0.15) is 0 Å². The number of hydrogen-bond acceptors (Lipinski definition) is 1. The maximum Gasteiger partial charge on any atom is 0.692 e. The summed E-state index contributed by atoms with van der Waals surface area (Å²) in [6.07, 6.45) is 2.28. The molecule has 20 heavy (non-hydrogen) atoms. The van der Waals surface area contributed by atoms with Crippen LogP contribution in [0, 0.1) is 0 Å². The van der Waals surface area contributed by atoms with Crippen molar-refractivity contribution in [2.45, 2.75) is 26.7 Å². The minimum Gasteiger partial charge on any atom is -0.134 e. The van der Waals surface area contributed by atoms with Crippen LogP contribution in [-0.4, -0.2) is 9.79 Å². The fraction of sp³-hybridized carbons (Fsp3) is 0.250. The Morgan fingerprint density at radius 1 is 0.750 bits per heavy atom. The molecule has 4 heteroatoms. The Kier molecular flexibility index (Phi) is 11.5. The molecule has 0 aliphatic carbocycles. The Morgan fingerprint density at radius 3 is 1.15 bits per heavy atom. The fourth-order valence-corrected chi connectivity index (χ4v) is 1.43. The molecule has 0 radical (unpaired) electrons. The lowest BCUT2D eigenvalue weighted by molar-refractivity contribution is 0.405. The maximum absolute atomic E-state index is 8.70. The van der Waals surface area contributed by atoms with E-state index in [1.807, 2.05) is 12.1 Å². The maximum atomic E-state index is 8.70. The lowest BCUT2D eigenvalue weighted by atomic mass is 10.2. The smallest absolute Gasteiger partial charge is 0.134 e. The molecule has 0 bridgehead atoms. The van der Waals surface area contributed by atoms with Crippen LogP contribution in [0.4, 0.5) is 0 Å². The lowest BCUT2D eigenvalue weighted by Gasteiger charge is -1.89. The quantitative estimate of drug-likeness (QED) is 0.819. The molecule has 0 fully saturated rings. The third kappa shape index (κ3) is 11.5. The van der Waals surface area contributed by atoms with Crippen LogP contribution < -0.4 is 0 Å². The van der Waals surface area contributed by atoms with E-state index in [9.17, 15) is 0 Å². The topological polar surface area (TPSA) is 57.5 Å². The van der Waals surface area contributed by atoms with Gasteiger partial charge in [0.2, 0.25) is 0 Å². The molecule has 0 aliphatic heterocycles. The van der Waals surface area contributed by atoms with E-state index >= 15 is 0 Å². The molecule has 0 unspecified atom stereocenters. The van der Waals surface area contributed by atoms with Crippen LogP contribution in [0.15, 0.2) is 60.7 Å². The minimum absolute atomic E-state index is 1.14. The molecule has 2 N–H and O–H groups in total. The van der Waals surface area contributed by atoms with E-state index in [0.717, 1.165) is 12.8 Å². The lowest BCUT2D eigenvalue weighted by Crippen LogP contribution is -1.73. The van der Waals surface area contributed by atoms with E-state index in [-0.39, 0.29) is 0 Å². The van der Waals surface area contributed by atoms with Crippen molar-refractivity contribution in [3.05, 3.63) is 71.8 Å². The van der Waals surface area contributed by atoms with Gasteiger partial charge >= 0.3 is 8.25 Å². The third-order valence-electron chi connectivity index (χ3n) is 2.50. The Morgan fingerprint density at radius 2 is 1.00 bits per heavy atom. The molecule has 0 atom stereocenters. The number of rotatable bonds is 2. The van der Waals surface area contributed by atoms with Gasteiger partial charge in [-0.15, -0.1) is 9.79 Å². The summed E-state index contributed by atoms with van der Waals surface area (Å²) in [6.45, 7) is 4.32. The molecule has 0 spiro atoms. The normalized spacial score (nSPS) is 8.60. The number of hydrogen-bond donors (Lipinski definition) is 2. The second-order valence-electron chi connectivity index (χ2n) is 3.93. The molecule has 0 saturated heterocycles. The zero-order chi connectivity index (χ0) is 15.2. The molecule has 0 aliphatic rings. The van der Waals surface area contributed by atoms with Crippen LogP contribution in [-0.2, 0) is 17.4 Å². The van der Waals surface area contributed by atoms with Crippen molar-refractivity contribution in [3.63, 3.8) is 0 Å². The summed E-state index contributed by atoms with van der Waals surface area (Å²) in [6, 6.07) is 20.9. The van der Waals surface area contributed by atoms with E-state index < -0.39 is 8.25 Å². The minimum atomic E-state index is -2.87. The highest BCUT2D eigenvalue weighted by Crippen LogP contribution is 1.98. The van der Waals surface area contributed by atoms with Gasteiger partial charge in [0.15, 0.2) is 0 Å². The predicted octanol–water partition coefficient (Wildman–Crippen LogP) is 4.13. The van der Waals surface area contributed by atoms with E-state index in [1.54, 1.807) is 0 Å². The monoisotopic (exact) mass is 293 g/mol. The van der Waals surface area contributed by atoms with Crippen molar-refractivity contribution in [1.29, 1.82) is 0 Å². The van der Waals surface area contributed by atoms with Crippen molar-refractivity contribution < 1.29 is 14.4 Å². The summed E-state index contributed by atoms with van der Waals surface area (Å²) in [5, 5.41) is 0. The predicted molar refractivity (Wildman–Crippen MR) is 83.7 cm³/mol. The average Bonchev–Trinajstić information content (AvgIpc) is 2.49. The Balaban J connectivity index is 0.000000289. The van der Waals surface area contributed by atoms with Gasteiger partial charge in [-0.05, 0) is 24.0 Å². The molecule has 2 rings (SSSR count). The van der Waals surface area contributed by atoms with Crippen molar-refractivity contribution in [2.24, 2.45) is 0 Å². The van der Waals surface area contributed by atoms with Gasteiger partial charge in [0, 0.05) is 4.57 Å². The number of aryl methyl sites for hydroxylation is 2. The second-order valence-corrected chi connectivity index (χ2v) is 4.44. The van der Waals surface area contributed by atoms with Crippen LogP contribution in [0.2, 0.25) is 0 Å². The Hall–Kier alpha value is -1.54. The van der Waals surface area contributed by atoms with Crippen molar-refractivity contribution >= 4 is 8.25 Å². The fourth-order valence-electron chi connectivity index (χ4n) is 1.43. The Labute approximate surface area is 121 Å². The molecule has 0 aromatic heterocycles. The summed E-state index contributed by atoms with van der Waals surface area (Å²) in [4.78, 5) is 14.2. The number of benzene rings is 2. The van der Waals surface area contributed by atoms with Gasteiger partial charge in [-0.25, -0.2) is 0 Å². The van der Waals surface area contributed by atoms with Gasteiger partial charge in [0.25, 0.3) is 0 Å². The van der Waals surface area contributed by atoms with Gasteiger partial charge in [0.05, 0.1) is 0 Å². The summed E-state index contributed by atoms with van der Waals surface area (Å²) in [7, 11) is -2.87. The van der Waals surface area contributed by atoms with Crippen molar-refractivity contribution in [3.8, 4) is 0 Å². The van der Waals surface area contributed by atoms with Crippen LogP contribution in [0.1, 0.15) is 25.0 Å². The van der Waals surface area contributed by atoms with Crippen molar-refractivity contribution in [2.75, 3.05) is 0 Å². The zero-order valence-corrected chi connectivity index (χ0v) is 12.8. The molecule has 3 nitrogen and oxygen atoms in total. The molecule has 0 heterocycles. The first-order chi connectivity index (χ1) is 9.60. The highest BCUT2D eigenvalue weighted by Gasteiger charge is 1.93. The van der Waals surface area contributed by atoms with Crippen LogP contribution in [0.3, 0.4) is 0 Å². The zero-order valence-electron chi connectivity index (χ0n) is 11.9. The van der Waals surface area contributed by atoms with E-state index in [4.69, 9.17) is 14.4 Å². The first-order valence-corrected chi connectivity index (χ1v) is 7.69. The first-order valence-electron chi connectivity index (χ1n) is 6.53. The van der Waals surface area contributed by atoms with E-state index in [1.165, 1.54) is 11.1 Å². The second kappa shape index (κ2) is 12.5. The molecule has 108 valence electrons. The van der Waals surface area contributed by atoms with Crippen LogP contribution >= 0.6 is 8.25 Å². The standard InChI is InChI=1S/2C8H10.HO3P/c2*1-2-8-6-4-3-5-7-8;1-4(2)3/h2*3-7H,2H2,1H3;(H-,1,2,3)/p+1. The Bertz CT molecular complexity index is 414. The van der Waals surface area contributed by atoms with E-state index in [2.05, 4.69) is 62.4 Å². The highest BCUT2D eigenvalue weighted by atomic mass is 31.1. The van der Waals surface area contributed by atoms with Gasteiger partial charge in [-0.1, -0.05) is 74.5 Å². The summed E-state index contributed by atoms with van der Waals surface area (Å²) in [5.74, 6) is 0. The molecule has 0 saturated carbocycles. The van der Waals surface area contributed by atoms with Crippen molar-refractivity contribution in [1.82, 2.24) is 0 Å². The van der Waals surface area contributed by atoms with Gasteiger partial charge < -0.3 is 0 Å². The first kappa shape index (κ1) is 18.5. The van der Waals surface area contributed by atoms with Gasteiger partial charge in [-0.3, -0.25) is 0 Å². The van der Waals surface area contributed by atoms with E-state index in [0.29, 0.717) is 0 Å². The molecular weight excluding hydrogens is 271 g/mol. The molecule has 2 aromatic rings. The average molecular weight is 293 g/mol.